The normalized spacial score (nSPS) is 40.8. The highest BCUT2D eigenvalue weighted by Crippen LogP contribution is 2.59. The summed E-state index contributed by atoms with van der Waals surface area (Å²) in [6.45, 7) is 4.24. The molecule has 3 aliphatic carbocycles. The maximum Gasteiger partial charge on any atom is 0.330 e. The van der Waals surface area contributed by atoms with Crippen molar-refractivity contribution in [1.29, 1.82) is 0 Å². The lowest BCUT2D eigenvalue weighted by atomic mass is 9.82. The van der Waals surface area contributed by atoms with Gasteiger partial charge in [-0.25, -0.2) is 4.79 Å². The predicted molar refractivity (Wildman–Crippen MR) is 67.9 cm³/mol. The summed E-state index contributed by atoms with van der Waals surface area (Å²) < 4.78 is 10.8. The monoisotopic (exact) mass is 250 g/mol. The molecule has 3 heteroatoms. The molecule has 0 radical (unpaired) electrons. The molecular weight excluding hydrogens is 228 g/mol. The van der Waals surface area contributed by atoms with Gasteiger partial charge < -0.3 is 9.47 Å². The molecule has 0 aliphatic heterocycles. The second kappa shape index (κ2) is 5.04. The van der Waals surface area contributed by atoms with Crippen LogP contribution in [-0.2, 0) is 14.3 Å². The summed E-state index contributed by atoms with van der Waals surface area (Å²) in [4.78, 5) is 10.9. The van der Waals surface area contributed by atoms with Gasteiger partial charge >= 0.3 is 5.97 Å². The zero-order valence-electron chi connectivity index (χ0n) is 10.8. The van der Waals surface area contributed by atoms with Gasteiger partial charge in [-0.15, -0.1) is 0 Å². The molecule has 3 rings (SSSR count). The molecule has 3 saturated carbocycles. The highest BCUT2D eigenvalue weighted by molar-refractivity contribution is 5.81. The van der Waals surface area contributed by atoms with Gasteiger partial charge in [0, 0.05) is 6.08 Å². The van der Waals surface area contributed by atoms with Crippen LogP contribution < -0.4 is 0 Å². The van der Waals surface area contributed by atoms with Gasteiger partial charge in [0.25, 0.3) is 0 Å². The van der Waals surface area contributed by atoms with E-state index in [1.165, 1.54) is 38.2 Å². The average molecular weight is 250 g/mol. The third-order valence-corrected chi connectivity index (χ3v) is 5.19. The average Bonchev–Trinajstić information content (AvgIpc) is 3.05. The second-order valence-electron chi connectivity index (χ2n) is 6.00. The number of carbonyl (C=O) groups is 1. The molecular formula is C15H22O3. The molecule has 0 aromatic heterocycles. The largest absolute Gasteiger partial charge is 0.460 e. The van der Waals surface area contributed by atoms with Crippen molar-refractivity contribution in [3.8, 4) is 0 Å². The molecule has 4 atom stereocenters. The van der Waals surface area contributed by atoms with E-state index in [0.29, 0.717) is 19.3 Å². The van der Waals surface area contributed by atoms with Gasteiger partial charge in [-0.1, -0.05) is 6.58 Å². The maximum atomic E-state index is 10.9. The fraction of sp³-hybridized carbons (Fsp3) is 0.800. The van der Waals surface area contributed by atoms with Crippen LogP contribution in [0.5, 0.6) is 0 Å². The van der Waals surface area contributed by atoms with Crippen LogP contribution in [0.25, 0.3) is 0 Å². The molecule has 3 aliphatic rings. The highest BCUT2D eigenvalue weighted by atomic mass is 16.6. The van der Waals surface area contributed by atoms with Crippen LogP contribution in [-0.4, -0.2) is 25.3 Å². The molecule has 0 spiro atoms. The Bertz CT molecular complexity index is 321. The van der Waals surface area contributed by atoms with Crippen LogP contribution in [0, 0.1) is 23.7 Å². The lowest BCUT2D eigenvalue weighted by Gasteiger charge is -2.23. The van der Waals surface area contributed by atoms with E-state index in [1.807, 2.05) is 0 Å². The van der Waals surface area contributed by atoms with Crippen molar-refractivity contribution in [2.75, 3.05) is 13.2 Å². The van der Waals surface area contributed by atoms with Gasteiger partial charge in [-0.2, -0.15) is 0 Å². The summed E-state index contributed by atoms with van der Waals surface area (Å²) in [6.07, 6.45) is 8.47. The van der Waals surface area contributed by atoms with E-state index in [9.17, 15) is 4.79 Å². The van der Waals surface area contributed by atoms with E-state index in [4.69, 9.17) is 9.47 Å². The second-order valence-corrected chi connectivity index (χ2v) is 6.00. The Balaban J connectivity index is 1.38. The van der Waals surface area contributed by atoms with Gasteiger partial charge in [-0.3, -0.25) is 0 Å². The molecule has 0 saturated heterocycles. The number of rotatable bonds is 5. The summed E-state index contributed by atoms with van der Waals surface area (Å²) in [5.74, 6) is 3.49. The zero-order valence-corrected chi connectivity index (χ0v) is 10.8. The third-order valence-electron chi connectivity index (χ3n) is 5.19. The van der Waals surface area contributed by atoms with E-state index < -0.39 is 0 Å². The van der Waals surface area contributed by atoms with Crippen LogP contribution in [0.1, 0.15) is 32.1 Å². The summed E-state index contributed by atoms with van der Waals surface area (Å²) in [7, 11) is 0. The first-order chi connectivity index (χ1) is 8.78. The lowest BCUT2D eigenvalue weighted by molar-refractivity contribution is -0.139. The van der Waals surface area contributed by atoms with E-state index in [-0.39, 0.29) is 5.97 Å². The lowest BCUT2D eigenvalue weighted by Crippen LogP contribution is -2.16. The minimum Gasteiger partial charge on any atom is -0.460 e. The maximum absolute atomic E-state index is 10.9. The fourth-order valence-electron chi connectivity index (χ4n) is 4.52. The number of esters is 1. The smallest absolute Gasteiger partial charge is 0.330 e. The Morgan fingerprint density at radius 3 is 2.39 bits per heavy atom. The van der Waals surface area contributed by atoms with Crippen molar-refractivity contribution >= 4 is 5.97 Å². The first kappa shape index (κ1) is 12.2. The van der Waals surface area contributed by atoms with E-state index >= 15 is 0 Å². The Morgan fingerprint density at radius 1 is 1.11 bits per heavy atom. The summed E-state index contributed by atoms with van der Waals surface area (Å²) in [5.41, 5.74) is 0. The van der Waals surface area contributed by atoms with E-state index in [0.717, 1.165) is 23.7 Å². The molecule has 0 aromatic carbocycles. The van der Waals surface area contributed by atoms with Gasteiger partial charge in [-0.05, 0) is 55.8 Å². The predicted octanol–water partition coefficient (Wildman–Crippen LogP) is 2.56. The topological polar surface area (TPSA) is 35.5 Å². The number of hydrogen-bond donors (Lipinski definition) is 0. The molecule has 0 heterocycles. The third kappa shape index (κ3) is 2.20. The number of carbonyl (C=O) groups excluding carboxylic acids is 1. The Labute approximate surface area is 109 Å². The van der Waals surface area contributed by atoms with Gasteiger partial charge in [0.1, 0.15) is 6.61 Å². The first-order valence-electron chi connectivity index (χ1n) is 7.18. The van der Waals surface area contributed by atoms with Gasteiger partial charge in [0.15, 0.2) is 0 Å². The molecule has 18 heavy (non-hydrogen) atoms. The Hall–Kier alpha value is -0.830. The quantitative estimate of drug-likeness (QED) is 0.427. The van der Waals surface area contributed by atoms with Crippen molar-refractivity contribution in [3.63, 3.8) is 0 Å². The highest BCUT2D eigenvalue weighted by Gasteiger charge is 2.51. The molecule has 0 aromatic rings. The van der Waals surface area contributed by atoms with Crippen molar-refractivity contribution in [2.45, 2.75) is 38.2 Å². The summed E-state index contributed by atoms with van der Waals surface area (Å²) >= 11 is 0. The molecule has 2 bridgehead atoms. The molecule has 0 N–H and O–H groups in total. The van der Waals surface area contributed by atoms with Crippen LogP contribution in [0.2, 0.25) is 0 Å². The van der Waals surface area contributed by atoms with Crippen LogP contribution >= 0.6 is 0 Å². The summed E-state index contributed by atoms with van der Waals surface area (Å²) in [6, 6.07) is 0. The van der Waals surface area contributed by atoms with Crippen LogP contribution in [0.15, 0.2) is 12.7 Å². The fourth-order valence-corrected chi connectivity index (χ4v) is 4.52. The molecule has 100 valence electrons. The van der Waals surface area contributed by atoms with Gasteiger partial charge in [0.2, 0.25) is 0 Å². The van der Waals surface area contributed by atoms with E-state index in [2.05, 4.69) is 6.58 Å². The molecule has 3 fully saturated rings. The first-order valence-corrected chi connectivity index (χ1v) is 7.18. The van der Waals surface area contributed by atoms with Crippen LogP contribution in [0.4, 0.5) is 0 Å². The number of hydrogen-bond acceptors (Lipinski definition) is 3. The van der Waals surface area contributed by atoms with Crippen molar-refractivity contribution in [2.24, 2.45) is 23.7 Å². The SMILES string of the molecule is C=CC(=O)OCCOC1CC2C3CCC(C3)C2C1. The van der Waals surface area contributed by atoms with Crippen LogP contribution in [0.3, 0.4) is 0 Å². The van der Waals surface area contributed by atoms with Crippen molar-refractivity contribution < 1.29 is 14.3 Å². The molecule has 0 amide bonds. The Kier molecular flexibility index (Phi) is 3.42. The van der Waals surface area contributed by atoms with Crippen molar-refractivity contribution in [1.82, 2.24) is 0 Å². The summed E-state index contributed by atoms with van der Waals surface area (Å²) in [5, 5.41) is 0. The van der Waals surface area contributed by atoms with E-state index in [1.54, 1.807) is 0 Å². The Morgan fingerprint density at radius 2 is 1.78 bits per heavy atom. The standard InChI is InChI=1S/C15H22O3/c1-2-15(16)18-6-5-17-12-8-13-10-3-4-11(7-10)14(13)9-12/h2,10-14H,1,3-9H2. The minimum atomic E-state index is -0.361. The molecule has 4 unspecified atom stereocenters. The van der Waals surface area contributed by atoms with Crippen molar-refractivity contribution in [3.05, 3.63) is 12.7 Å². The number of ether oxygens (including phenoxy) is 2. The van der Waals surface area contributed by atoms with Gasteiger partial charge in [0.05, 0.1) is 12.7 Å². The number of fused-ring (bicyclic) bond motifs is 5. The molecule has 3 nitrogen and oxygen atoms in total. The minimum absolute atomic E-state index is 0.351. The zero-order chi connectivity index (χ0) is 12.5.